The van der Waals surface area contributed by atoms with Gasteiger partial charge < -0.3 is 9.29 Å². The average molecular weight is 149 g/mol. The lowest BCUT2D eigenvalue weighted by Gasteiger charge is -2.23. The van der Waals surface area contributed by atoms with Crippen LogP contribution in [0.25, 0.3) is 0 Å². The lowest BCUT2D eigenvalue weighted by Crippen LogP contribution is -2.23. The van der Waals surface area contributed by atoms with E-state index in [0.29, 0.717) is 13.0 Å². The molecule has 0 aliphatic carbocycles. The molecule has 9 heavy (non-hydrogen) atoms. The Bertz CT molecular complexity index is 109. The van der Waals surface area contributed by atoms with E-state index in [2.05, 4.69) is 0 Å². The topological polar surface area (TPSA) is 49.4 Å². The van der Waals surface area contributed by atoms with Crippen molar-refractivity contribution in [1.29, 1.82) is 0 Å². The third-order valence-electron chi connectivity index (χ3n) is 1.35. The molecule has 0 spiro atoms. The fourth-order valence-electron chi connectivity index (χ4n) is 0.863. The summed E-state index contributed by atoms with van der Waals surface area (Å²) in [6.07, 6.45) is 2.63. The minimum absolute atomic E-state index is 0.529. The smallest absolute Gasteiger partial charge is 0.119 e. The molecule has 1 saturated heterocycles. The van der Waals surface area contributed by atoms with Crippen molar-refractivity contribution in [2.75, 3.05) is 6.61 Å². The minimum Gasteiger partial charge on any atom is -0.770 e. The van der Waals surface area contributed by atoms with Gasteiger partial charge in [-0.25, -0.2) is 0 Å². The molecule has 1 heterocycles. The molecule has 1 aliphatic rings. The fraction of sp³-hybridized carbons (Fsp3) is 1.00. The Morgan fingerprint density at radius 3 is 2.67 bits per heavy atom. The van der Waals surface area contributed by atoms with Crippen molar-refractivity contribution in [3.63, 3.8) is 0 Å². The monoisotopic (exact) mass is 149 g/mol. The SMILES string of the molecule is O=S([O-])C1CCCCO1. The van der Waals surface area contributed by atoms with Crippen LogP contribution in [-0.4, -0.2) is 20.8 Å². The van der Waals surface area contributed by atoms with Crippen molar-refractivity contribution >= 4 is 11.1 Å². The minimum atomic E-state index is -2.02. The predicted molar refractivity (Wildman–Crippen MR) is 32.5 cm³/mol. The molecule has 3 nitrogen and oxygen atoms in total. The quantitative estimate of drug-likeness (QED) is 0.507. The summed E-state index contributed by atoms with van der Waals surface area (Å²) < 4.78 is 25.4. The number of ether oxygens (including phenoxy) is 1. The maximum absolute atomic E-state index is 10.2. The van der Waals surface area contributed by atoms with Gasteiger partial charge in [-0.3, -0.25) is 4.21 Å². The van der Waals surface area contributed by atoms with E-state index in [1.807, 2.05) is 0 Å². The van der Waals surface area contributed by atoms with Crippen molar-refractivity contribution in [1.82, 2.24) is 0 Å². The maximum atomic E-state index is 10.2. The van der Waals surface area contributed by atoms with Crippen LogP contribution < -0.4 is 0 Å². The summed E-state index contributed by atoms with van der Waals surface area (Å²) >= 11 is -2.02. The summed E-state index contributed by atoms with van der Waals surface area (Å²) in [5.41, 5.74) is -0.529. The van der Waals surface area contributed by atoms with Crippen LogP contribution in [-0.2, 0) is 15.8 Å². The highest BCUT2D eigenvalue weighted by Gasteiger charge is 2.12. The van der Waals surface area contributed by atoms with Gasteiger partial charge in [0.15, 0.2) is 0 Å². The molecule has 54 valence electrons. The number of hydrogen-bond donors (Lipinski definition) is 0. The molecular weight excluding hydrogens is 140 g/mol. The molecule has 0 N–H and O–H groups in total. The Morgan fingerprint density at radius 2 is 2.33 bits per heavy atom. The van der Waals surface area contributed by atoms with Crippen LogP contribution in [0.5, 0.6) is 0 Å². The van der Waals surface area contributed by atoms with E-state index in [4.69, 9.17) is 4.74 Å². The molecule has 1 rings (SSSR count). The van der Waals surface area contributed by atoms with Crippen molar-refractivity contribution in [3.8, 4) is 0 Å². The van der Waals surface area contributed by atoms with E-state index in [0.717, 1.165) is 12.8 Å². The normalized spacial score (nSPS) is 31.9. The van der Waals surface area contributed by atoms with Crippen LogP contribution in [0.1, 0.15) is 19.3 Å². The molecule has 4 heteroatoms. The largest absolute Gasteiger partial charge is 0.770 e. The summed E-state index contributed by atoms with van der Waals surface area (Å²) in [5, 5.41) is 0. The number of rotatable bonds is 1. The van der Waals surface area contributed by atoms with Crippen LogP contribution in [0, 0.1) is 0 Å². The third-order valence-corrected chi connectivity index (χ3v) is 2.15. The zero-order chi connectivity index (χ0) is 6.69. The Morgan fingerprint density at radius 1 is 1.56 bits per heavy atom. The molecule has 0 aromatic rings. The van der Waals surface area contributed by atoms with Gasteiger partial charge in [0.25, 0.3) is 0 Å². The summed E-state index contributed by atoms with van der Waals surface area (Å²) in [6.45, 7) is 0.596. The van der Waals surface area contributed by atoms with Gasteiger partial charge in [-0.1, -0.05) is 0 Å². The standard InChI is InChI=1S/C5H10O3S/c6-9(7)5-3-1-2-4-8-5/h5H,1-4H2,(H,6,7)/p-1. The molecule has 1 aliphatic heterocycles. The third kappa shape index (κ3) is 2.04. The van der Waals surface area contributed by atoms with Crippen LogP contribution >= 0.6 is 0 Å². The van der Waals surface area contributed by atoms with E-state index < -0.39 is 16.5 Å². The lowest BCUT2D eigenvalue weighted by molar-refractivity contribution is 0.0648. The molecule has 2 unspecified atom stereocenters. The van der Waals surface area contributed by atoms with E-state index in [1.165, 1.54) is 0 Å². The van der Waals surface area contributed by atoms with Gasteiger partial charge in [-0.2, -0.15) is 0 Å². The summed E-state index contributed by atoms with van der Waals surface area (Å²) in [5.74, 6) is 0. The molecule has 0 aromatic carbocycles. The van der Waals surface area contributed by atoms with E-state index in [-0.39, 0.29) is 0 Å². The van der Waals surface area contributed by atoms with Crippen molar-refractivity contribution < 1.29 is 13.5 Å². The molecule has 0 bridgehead atoms. The molecular formula is C5H9O3S-. The van der Waals surface area contributed by atoms with E-state index >= 15 is 0 Å². The zero-order valence-electron chi connectivity index (χ0n) is 5.04. The summed E-state index contributed by atoms with van der Waals surface area (Å²) in [4.78, 5) is 0. The van der Waals surface area contributed by atoms with Gasteiger partial charge in [-0.05, 0) is 30.3 Å². The van der Waals surface area contributed by atoms with Gasteiger partial charge in [0.1, 0.15) is 5.44 Å². The maximum Gasteiger partial charge on any atom is 0.119 e. The first-order chi connectivity index (χ1) is 4.30. The van der Waals surface area contributed by atoms with Crippen LogP contribution in [0.2, 0.25) is 0 Å². The first-order valence-electron chi connectivity index (χ1n) is 3.00. The second kappa shape index (κ2) is 3.29. The lowest BCUT2D eigenvalue weighted by atomic mass is 10.2. The van der Waals surface area contributed by atoms with Crippen LogP contribution in [0.4, 0.5) is 0 Å². The van der Waals surface area contributed by atoms with Crippen LogP contribution in [0.3, 0.4) is 0 Å². The molecule has 2 atom stereocenters. The fourth-order valence-corrected chi connectivity index (χ4v) is 1.43. The average Bonchev–Trinajstić information content (AvgIpc) is 1.90. The van der Waals surface area contributed by atoms with E-state index in [9.17, 15) is 8.76 Å². The molecule has 0 radical (unpaired) electrons. The van der Waals surface area contributed by atoms with Gasteiger partial charge in [0.05, 0.1) is 0 Å². The molecule has 0 aromatic heterocycles. The summed E-state index contributed by atoms with van der Waals surface area (Å²) in [6, 6.07) is 0. The van der Waals surface area contributed by atoms with Gasteiger partial charge in [0, 0.05) is 6.61 Å². The van der Waals surface area contributed by atoms with Crippen LogP contribution in [0.15, 0.2) is 0 Å². The first-order valence-corrected chi connectivity index (χ1v) is 4.14. The highest BCUT2D eigenvalue weighted by atomic mass is 32.2. The van der Waals surface area contributed by atoms with Gasteiger partial charge in [0.2, 0.25) is 0 Å². The first kappa shape index (κ1) is 7.18. The Balaban J connectivity index is 2.31. The van der Waals surface area contributed by atoms with Crippen molar-refractivity contribution in [3.05, 3.63) is 0 Å². The molecule has 0 amide bonds. The van der Waals surface area contributed by atoms with Crippen molar-refractivity contribution in [2.45, 2.75) is 24.7 Å². The Hall–Kier alpha value is 0.0700. The number of hydrogen-bond acceptors (Lipinski definition) is 3. The Kier molecular flexibility index (Phi) is 2.63. The highest BCUT2D eigenvalue weighted by Crippen LogP contribution is 2.13. The molecule has 1 fully saturated rings. The Labute approximate surface area is 56.7 Å². The predicted octanol–water partition coefficient (Wildman–Crippen LogP) is 0.392. The summed E-state index contributed by atoms with van der Waals surface area (Å²) in [7, 11) is 0. The molecule has 0 saturated carbocycles. The van der Waals surface area contributed by atoms with E-state index in [1.54, 1.807) is 0 Å². The second-order valence-electron chi connectivity index (χ2n) is 2.06. The second-order valence-corrected chi connectivity index (χ2v) is 3.10. The zero-order valence-corrected chi connectivity index (χ0v) is 5.86. The van der Waals surface area contributed by atoms with Gasteiger partial charge >= 0.3 is 0 Å². The highest BCUT2D eigenvalue weighted by molar-refractivity contribution is 7.79. The van der Waals surface area contributed by atoms with Crippen molar-refractivity contribution in [2.24, 2.45) is 0 Å². The van der Waals surface area contributed by atoms with Gasteiger partial charge in [-0.15, -0.1) is 0 Å².